The monoisotopic (exact) mass is 290 g/mol. The van der Waals surface area contributed by atoms with E-state index in [0.717, 1.165) is 23.3 Å². The van der Waals surface area contributed by atoms with Crippen LogP contribution in [0.5, 0.6) is 5.75 Å². The maximum atomic E-state index is 12.2. The summed E-state index contributed by atoms with van der Waals surface area (Å²) in [6, 6.07) is 5.47. The summed E-state index contributed by atoms with van der Waals surface area (Å²) in [5.41, 5.74) is 2.00. The van der Waals surface area contributed by atoms with Gasteiger partial charge >= 0.3 is 0 Å². The SMILES string of the molecule is Cc1cccc(C)c1OCC(=O)N(C)C1CCCNC1=O. The normalized spacial score (nSPS) is 18.0. The number of hydrogen-bond acceptors (Lipinski definition) is 3. The van der Waals surface area contributed by atoms with Gasteiger partial charge in [-0.1, -0.05) is 18.2 Å². The summed E-state index contributed by atoms with van der Waals surface area (Å²) in [4.78, 5) is 25.5. The van der Waals surface area contributed by atoms with Crippen LogP contribution < -0.4 is 10.1 Å². The summed E-state index contributed by atoms with van der Waals surface area (Å²) in [5.74, 6) is 0.483. The van der Waals surface area contributed by atoms with Crippen molar-refractivity contribution in [1.82, 2.24) is 10.2 Å². The molecule has 1 atom stereocenters. The van der Waals surface area contributed by atoms with Crippen LogP contribution in [0.1, 0.15) is 24.0 Å². The number of hydrogen-bond donors (Lipinski definition) is 1. The molecule has 1 unspecified atom stereocenters. The minimum Gasteiger partial charge on any atom is -0.483 e. The van der Waals surface area contributed by atoms with E-state index in [1.807, 2.05) is 32.0 Å². The van der Waals surface area contributed by atoms with E-state index in [9.17, 15) is 9.59 Å². The number of aryl methyl sites for hydroxylation is 2. The molecule has 5 nitrogen and oxygen atoms in total. The fourth-order valence-corrected chi connectivity index (χ4v) is 2.56. The predicted molar refractivity (Wildman–Crippen MR) is 80.2 cm³/mol. The van der Waals surface area contributed by atoms with E-state index in [0.29, 0.717) is 13.0 Å². The third-order valence-corrected chi connectivity index (χ3v) is 3.87. The number of nitrogens with zero attached hydrogens (tertiary/aromatic N) is 1. The zero-order valence-corrected chi connectivity index (χ0v) is 12.8. The van der Waals surface area contributed by atoms with Gasteiger partial charge in [-0.2, -0.15) is 0 Å². The maximum absolute atomic E-state index is 12.2. The van der Waals surface area contributed by atoms with Gasteiger partial charge in [0.25, 0.3) is 5.91 Å². The van der Waals surface area contributed by atoms with Gasteiger partial charge in [-0.15, -0.1) is 0 Å². The van der Waals surface area contributed by atoms with E-state index >= 15 is 0 Å². The van der Waals surface area contributed by atoms with Gasteiger partial charge in [0.05, 0.1) is 0 Å². The van der Waals surface area contributed by atoms with Crippen molar-refractivity contribution in [2.24, 2.45) is 0 Å². The lowest BCUT2D eigenvalue weighted by Crippen LogP contribution is -2.51. The standard InChI is InChI=1S/C16H22N2O3/c1-11-6-4-7-12(2)15(11)21-10-14(19)18(3)13-8-5-9-17-16(13)20/h4,6-7,13H,5,8-10H2,1-3H3,(H,17,20). The lowest BCUT2D eigenvalue weighted by Gasteiger charge is -2.30. The number of carbonyl (C=O) groups is 2. The second-order valence-corrected chi connectivity index (χ2v) is 5.46. The van der Waals surface area contributed by atoms with E-state index in [2.05, 4.69) is 5.32 Å². The molecule has 2 amide bonds. The molecule has 1 aromatic carbocycles. The van der Waals surface area contributed by atoms with Crippen molar-refractivity contribution in [1.29, 1.82) is 0 Å². The van der Waals surface area contributed by atoms with Gasteiger partial charge in [0.15, 0.2) is 6.61 Å². The first kappa shape index (κ1) is 15.4. The highest BCUT2D eigenvalue weighted by molar-refractivity contribution is 5.88. The highest BCUT2D eigenvalue weighted by Crippen LogP contribution is 2.22. The zero-order chi connectivity index (χ0) is 15.4. The summed E-state index contributed by atoms with van der Waals surface area (Å²) in [6.07, 6.45) is 1.60. The van der Waals surface area contributed by atoms with Crippen molar-refractivity contribution in [2.75, 3.05) is 20.2 Å². The molecule has 0 aromatic heterocycles. The number of benzene rings is 1. The van der Waals surface area contributed by atoms with Crippen molar-refractivity contribution >= 4 is 11.8 Å². The number of carbonyl (C=O) groups excluding carboxylic acids is 2. The lowest BCUT2D eigenvalue weighted by atomic mass is 10.1. The average Bonchev–Trinajstić information content (AvgIpc) is 2.46. The van der Waals surface area contributed by atoms with E-state index in [4.69, 9.17) is 4.74 Å². The fourth-order valence-electron chi connectivity index (χ4n) is 2.56. The Labute approximate surface area is 125 Å². The largest absolute Gasteiger partial charge is 0.483 e. The van der Waals surface area contributed by atoms with Gasteiger partial charge in [0.2, 0.25) is 5.91 Å². The van der Waals surface area contributed by atoms with Crippen LogP contribution in [0, 0.1) is 13.8 Å². The first-order valence-corrected chi connectivity index (χ1v) is 7.23. The molecule has 1 aromatic rings. The molecular weight excluding hydrogens is 268 g/mol. The number of ether oxygens (including phenoxy) is 1. The molecule has 0 spiro atoms. The molecule has 1 aliphatic heterocycles. The fraction of sp³-hybridized carbons (Fsp3) is 0.500. The van der Waals surface area contributed by atoms with Gasteiger partial charge in [0, 0.05) is 13.6 Å². The van der Waals surface area contributed by atoms with Gasteiger partial charge in [-0.25, -0.2) is 0 Å². The van der Waals surface area contributed by atoms with Crippen molar-refractivity contribution in [3.05, 3.63) is 29.3 Å². The molecule has 5 heteroatoms. The van der Waals surface area contributed by atoms with Crippen LogP contribution in [0.3, 0.4) is 0 Å². The average molecular weight is 290 g/mol. The number of piperidine rings is 1. The molecule has 1 heterocycles. The Morgan fingerprint density at radius 2 is 2.05 bits per heavy atom. The molecule has 0 aliphatic carbocycles. The van der Waals surface area contributed by atoms with Crippen LogP contribution in [0.15, 0.2) is 18.2 Å². The van der Waals surface area contributed by atoms with E-state index in [1.165, 1.54) is 4.90 Å². The second kappa shape index (κ2) is 6.61. The predicted octanol–water partition coefficient (Wildman–Crippen LogP) is 1.42. The molecule has 0 radical (unpaired) electrons. The molecule has 2 rings (SSSR count). The number of amides is 2. The molecule has 0 bridgehead atoms. The number of nitrogens with one attached hydrogen (secondary N) is 1. The Morgan fingerprint density at radius 1 is 1.38 bits per heavy atom. The van der Waals surface area contributed by atoms with Gasteiger partial charge < -0.3 is 15.0 Å². The van der Waals surface area contributed by atoms with Gasteiger partial charge in [-0.3, -0.25) is 9.59 Å². The van der Waals surface area contributed by atoms with Crippen LogP contribution in [0.4, 0.5) is 0 Å². The Kier molecular flexibility index (Phi) is 4.83. The van der Waals surface area contributed by atoms with Crippen molar-refractivity contribution in [2.45, 2.75) is 32.7 Å². The molecule has 1 saturated heterocycles. The molecule has 21 heavy (non-hydrogen) atoms. The van der Waals surface area contributed by atoms with Crippen LogP contribution in [-0.4, -0.2) is 43.0 Å². The van der Waals surface area contributed by atoms with Crippen LogP contribution in [-0.2, 0) is 9.59 Å². The summed E-state index contributed by atoms with van der Waals surface area (Å²) in [5, 5.41) is 2.79. The maximum Gasteiger partial charge on any atom is 0.260 e. The number of likely N-dealkylation sites (N-methyl/N-ethyl adjacent to an activating group) is 1. The Bertz CT molecular complexity index is 522. The first-order valence-electron chi connectivity index (χ1n) is 7.23. The molecule has 0 saturated carbocycles. The van der Waals surface area contributed by atoms with E-state index in [1.54, 1.807) is 7.05 Å². The molecule has 1 N–H and O–H groups in total. The quantitative estimate of drug-likeness (QED) is 0.912. The minimum absolute atomic E-state index is 0.0496. The smallest absolute Gasteiger partial charge is 0.260 e. The van der Waals surface area contributed by atoms with Gasteiger partial charge in [0.1, 0.15) is 11.8 Å². The second-order valence-electron chi connectivity index (χ2n) is 5.46. The molecular formula is C16H22N2O3. The van der Waals surface area contributed by atoms with E-state index < -0.39 is 0 Å². The van der Waals surface area contributed by atoms with Crippen molar-refractivity contribution in [3.8, 4) is 5.75 Å². The molecule has 114 valence electrons. The summed E-state index contributed by atoms with van der Waals surface area (Å²) in [6.45, 7) is 4.54. The highest BCUT2D eigenvalue weighted by atomic mass is 16.5. The topological polar surface area (TPSA) is 58.6 Å². The third kappa shape index (κ3) is 3.54. The van der Waals surface area contributed by atoms with Crippen LogP contribution in [0.2, 0.25) is 0 Å². The molecule has 1 fully saturated rings. The van der Waals surface area contributed by atoms with E-state index in [-0.39, 0.29) is 24.5 Å². The van der Waals surface area contributed by atoms with Crippen molar-refractivity contribution < 1.29 is 14.3 Å². The summed E-state index contributed by atoms with van der Waals surface area (Å²) < 4.78 is 5.65. The zero-order valence-electron chi connectivity index (χ0n) is 12.8. The Hall–Kier alpha value is -2.04. The van der Waals surface area contributed by atoms with Gasteiger partial charge in [-0.05, 0) is 37.8 Å². The van der Waals surface area contributed by atoms with Crippen LogP contribution >= 0.6 is 0 Å². The summed E-state index contributed by atoms with van der Waals surface area (Å²) in [7, 11) is 1.66. The van der Waals surface area contributed by atoms with Crippen LogP contribution in [0.25, 0.3) is 0 Å². The third-order valence-electron chi connectivity index (χ3n) is 3.87. The van der Waals surface area contributed by atoms with Crippen molar-refractivity contribution in [3.63, 3.8) is 0 Å². The summed E-state index contributed by atoms with van der Waals surface area (Å²) >= 11 is 0. The number of para-hydroxylation sites is 1. The Balaban J connectivity index is 1.96. The highest BCUT2D eigenvalue weighted by Gasteiger charge is 2.29. The first-order chi connectivity index (χ1) is 10.0. The molecule has 1 aliphatic rings. The minimum atomic E-state index is -0.382. The number of rotatable bonds is 4. The lowest BCUT2D eigenvalue weighted by molar-refractivity contribution is -0.141. The Morgan fingerprint density at radius 3 is 2.67 bits per heavy atom.